The number of thiophene rings is 1. The van der Waals surface area contributed by atoms with Gasteiger partial charge in [0.15, 0.2) is 5.78 Å². The van der Waals surface area contributed by atoms with Gasteiger partial charge in [-0.2, -0.15) is 0 Å². The first-order chi connectivity index (χ1) is 11.1. The van der Waals surface area contributed by atoms with Crippen molar-refractivity contribution in [3.63, 3.8) is 0 Å². The summed E-state index contributed by atoms with van der Waals surface area (Å²) < 4.78 is 0. The number of aryl methyl sites for hydroxylation is 1. The highest BCUT2D eigenvalue weighted by molar-refractivity contribution is 7.14. The standard InChI is InChI=1S/C19H21NO2S/c1-14-8-10-17(23-14)16(21)9-11-18(22)20-19(12-5-13-19)15-6-3-2-4-7-15/h2-4,6-8,10H,5,9,11-13H2,1H3,(H,20,22). The van der Waals surface area contributed by atoms with E-state index < -0.39 is 0 Å². The van der Waals surface area contributed by atoms with Gasteiger partial charge in [0.25, 0.3) is 0 Å². The van der Waals surface area contributed by atoms with Crippen LogP contribution in [0.25, 0.3) is 0 Å². The number of carbonyl (C=O) groups is 2. The molecule has 2 aromatic rings. The maximum Gasteiger partial charge on any atom is 0.221 e. The van der Waals surface area contributed by atoms with Crippen LogP contribution in [0.3, 0.4) is 0 Å². The van der Waals surface area contributed by atoms with E-state index in [1.165, 1.54) is 16.9 Å². The van der Waals surface area contributed by atoms with Gasteiger partial charge >= 0.3 is 0 Å². The summed E-state index contributed by atoms with van der Waals surface area (Å²) in [5.41, 5.74) is 0.945. The summed E-state index contributed by atoms with van der Waals surface area (Å²) in [5, 5.41) is 3.17. The van der Waals surface area contributed by atoms with Gasteiger partial charge in [-0.05, 0) is 43.9 Å². The molecule has 120 valence electrons. The number of Topliss-reactive ketones (excluding diaryl/α,β-unsaturated/α-hetero) is 1. The smallest absolute Gasteiger partial charge is 0.221 e. The van der Waals surface area contributed by atoms with Gasteiger partial charge in [0.2, 0.25) is 5.91 Å². The SMILES string of the molecule is Cc1ccc(C(=O)CCC(=O)NC2(c3ccccc3)CCC2)s1. The van der Waals surface area contributed by atoms with Crippen molar-refractivity contribution in [1.29, 1.82) is 0 Å². The van der Waals surface area contributed by atoms with E-state index in [1.54, 1.807) is 0 Å². The molecule has 0 aliphatic heterocycles. The highest BCUT2D eigenvalue weighted by atomic mass is 32.1. The van der Waals surface area contributed by atoms with E-state index in [1.807, 2.05) is 37.3 Å². The van der Waals surface area contributed by atoms with Crippen LogP contribution in [-0.2, 0) is 10.3 Å². The Morgan fingerprint density at radius 2 is 1.83 bits per heavy atom. The molecular weight excluding hydrogens is 306 g/mol. The van der Waals surface area contributed by atoms with Gasteiger partial charge in [-0.15, -0.1) is 11.3 Å². The Kier molecular flexibility index (Phi) is 4.62. The minimum atomic E-state index is -0.221. The highest BCUT2D eigenvalue weighted by Crippen LogP contribution is 2.41. The van der Waals surface area contributed by atoms with Crippen LogP contribution in [0.15, 0.2) is 42.5 Å². The largest absolute Gasteiger partial charge is 0.347 e. The number of amides is 1. The van der Waals surface area contributed by atoms with Gasteiger partial charge < -0.3 is 5.32 Å². The molecule has 23 heavy (non-hydrogen) atoms. The molecule has 1 aliphatic carbocycles. The molecule has 0 bridgehead atoms. The quantitative estimate of drug-likeness (QED) is 0.808. The second-order valence-electron chi connectivity index (χ2n) is 6.18. The molecule has 0 atom stereocenters. The summed E-state index contributed by atoms with van der Waals surface area (Å²) >= 11 is 1.49. The van der Waals surface area contributed by atoms with E-state index in [-0.39, 0.29) is 30.1 Å². The molecule has 0 spiro atoms. The Morgan fingerprint density at radius 3 is 2.39 bits per heavy atom. The van der Waals surface area contributed by atoms with Crippen molar-refractivity contribution in [1.82, 2.24) is 5.32 Å². The monoisotopic (exact) mass is 327 g/mol. The van der Waals surface area contributed by atoms with E-state index in [0.717, 1.165) is 29.0 Å². The minimum Gasteiger partial charge on any atom is -0.347 e. The first-order valence-electron chi connectivity index (χ1n) is 8.05. The summed E-state index contributed by atoms with van der Waals surface area (Å²) in [6.45, 7) is 1.98. The van der Waals surface area contributed by atoms with Gasteiger partial charge in [-0.3, -0.25) is 9.59 Å². The van der Waals surface area contributed by atoms with Crippen molar-refractivity contribution in [2.24, 2.45) is 0 Å². The van der Waals surface area contributed by atoms with Gasteiger partial charge in [0, 0.05) is 17.7 Å². The van der Waals surface area contributed by atoms with Crippen LogP contribution in [0.1, 0.15) is 52.2 Å². The number of benzene rings is 1. The second-order valence-corrected chi connectivity index (χ2v) is 7.47. The van der Waals surface area contributed by atoms with Crippen LogP contribution in [0.2, 0.25) is 0 Å². The van der Waals surface area contributed by atoms with Crippen LogP contribution < -0.4 is 5.32 Å². The Hall–Kier alpha value is -1.94. The lowest BCUT2D eigenvalue weighted by Crippen LogP contribution is -2.50. The van der Waals surface area contributed by atoms with Crippen molar-refractivity contribution in [3.8, 4) is 0 Å². The zero-order chi connectivity index (χ0) is 16.3. The fourth-order valence-corrected chi connectivity index (χ4v) is 3.87. The maximum atomic E-state index is 12.3. The van der Waals surface area contributed by atoms with Crippen LogP contribution in [0, 0.1) is 6.92 Å². The van der Waals surface area contributed by atoms with Crippen molar-refractivity contribution in [3.05, 3.63) is 57.8 Å². The number of hydrogen-bond acceptors (Lipinski definition) is 3. The van der Waals surface area contributed by atoms with Crippen LogP contribution in [0.4, 0.5) is 0 Å². The topological polar surface area (TPSA) is 46.2 Å². The van der Waals surface area contributed by atoms with E-state index >= 15 is 0 Å². The number of rotatable bonds is 6. The molecule has 4 heteroatoms. The Labute approximate surface area is 140 Å². The third kappa shape index (κ3) is 3.53. The molecule has 3 nitrogen and oxygen atoms in total. The molecule has 1 fully saturated rings. The molecular formula is C19H21NO2S. The molecule has 1 amide bonds. The molecule has 1 aromatic heterocycles. The normalized spacial score (nSPS) is 15.7. The summed E-state index contributed by atoms with van der Waals surface area (Å²) in [5.74, 6) is 0.0239. The van der Waals surface area contributed by atoms with Gasteiger partial charge in [0.1, 0.15) is 0 Å². The van der Waals surface area contributed by atoms with Gasteiger partial charge in [0.05, 0.1) is 10.4 Å². The van der Waals surface area contributed by atoms with Crippen molar-refractivity contribution >= 4 is 23.0 Å². The zero-order valence-electron chi connectivity index (χ0n) is 13.3. The molecule has 1 heterocycles. The van der Waals surface area contributed by atoms with Crippen molar-refractivity contribution in [2.45, 2.75) is 44.6 Å². The third-order valence-corrected chi connectivity index (χ3v) is 5.55. The molecule has 1 aromatic carbocycles. The minimum absolute atomic E-state index is 0.0322. The highest BCUT2D eigenvalue weighted by Gasteiger charge is 2.39. The lowest BCUT2D eigenvalue weighted by Gasteiger charge is -2.43. The number of hydrogen-bond donors (Lipinski definition) is 1. The Morgan fingerprint density at radius 1 is 1.09 bits per heavy atom. The van der Waals surface area contributed by atoms with Crippen molar-refractivity contribution in [2.75, 3.05) is 0 Å². The number of carbonyl (C=O) groups excluding carboxylic acids is 2. The van der Waals surface area contributed by atoms with Crippen molar-refractivity contribution < 1.29 is 9.59 Å². The lowest BCUT2D eigenvalue weighted by atomic mass is 9.71. The van der Waals surface area contributed by atoms with E-state index in [0.29, 0.717) is 0 Å². The van der Waals surface area contributed by atoms with Crippen LogP contribution in [-0.4, -0.2) is 11.7 Å². The number of nitrogens with one attached hydrogen (secondary N) is 1. The van der Waals surface area contributed by atoms with Gasteiger partial charge in [-0.25, -0.2) is 0 Å². The molecule has 1 saturated carbocycles. The summed E-state index contributed by atoms with van der Waals surface area (Å²) in [6.07, 6.45) is 3.60. The van der Waals surface area contributed by atoms with E-state index in [4.69, 9.17) is 0 Å². The predicted octanol–water partition coefficient (Wildman–Crippen LogP) is 4.22. The molecule has 0 unspecified atom stereocenters. The molecule has 3 rings (SSSR count). The molecule has 1 aliphatic rings. The average molecular weight is 327 g/mol. The average Bonchev–Trinajstić information content (AvgIpc) is 2.96. The lowest BCUT2D eigenvalue weighted by molar-refractivity contribution is -0.124. The first kappa shape index (κ1) is 15.9. The summed E-state index contributed by atoms with van der Waals surface area (Å²) in [6, 6.07) is 13.9. The molecule has 0 saturated heterocycles. The van der Waals surface area contributed by atoms with Crippen LogP contribution in [0.5, 0.6) is 0 Å². The predicted molar refractivity (Wildman–Crippen MR) is 92.7 cm³/mol. The zero-order valence-corrected chi connectivity index (χ0v) is 14.1. The molecule has 0 radical (unpaired) electrons. The van der Waals surface area contributed by atoms with Crippen LogP contribution >= 0.6 is 11.3 Å². The third-order valence-electron chi connectivity index (χ3n) is 4.51. The fourth-order valence-electron chi connectivity index (χ4n) is 3.04. The molecule has 1 N–H and O–H groups in total. The van der Waals surface area contributed by atoms with E-state index in [2.05, 4.69) is 17.4 Å². The summed E-state index contributed by atoms with van der Waals surface area (Å²) in [7, 11) is 0. The van der Waals surface area contributed by atoms with E-state index in [9.17, 15) is 9.59 Å². The second kappa shape index (κ2) is 6.67. The summed E-state index contributed by atoms with van der Waals surface area (Å²) in [4.78, 5) is 26.3. The Balaban J connectivity index is 1.57. The first-order valence-corrected chi connectivity index (χ1v) is 8.87. The fraction of sp³-hybridized carbons (Fsp3) is 0.368. The Bertz CT molecular complexity index is 701. The number of ketones is 1. The van der Waals surface area contributed by atoms with Gasteiger partial charge in [-0.1, -0.05) is 30.3 Å². The maximum absolute atomic E-state index is 12.3.